The van der Waals surface area contributed by atoms with Gasteiger partial charge in [0.15, 0.2) is 0 Å². The van der Waals surface area contributed by atoms with Gasteiger partial charge in [0.2, 0.25) is 11.8 Å². The lowest BCUT2D eigenvalue weighted by molar-refractivity contribution is -0.178. The molecular weight excluding hydrogens is 859 g/mol. The molecule has 0 bridgehead atoms. The SMILES string of the molecule is COCCOC(=O)N1C(=O)[C@@]2(c3cc(C#CCNC(N)=O)ccc31)[C@H](C(=O)NC[C@H](O)c1ccccc1)[C@H]1C(=O)O[C@H](c3ccccc3)[C@H](c3ccccc3)N1[C@@H]2c1cccc(OCCO)c1. The minimum Gasteiger partial charge on any atom is -0.491 e. The zero-order chi connectivity index (χ0) is 47.1. The van der Waals surface area contributed by atoms with E-state index in [2.05, 4.69) is 22.5 Å². The maximum atomic E-state index is 16.3. The summed E-state index contributed by atoms with van der Waals surface area (Å²) in [6.07, 6.45) is -3.23. The van der Waals surface area contributed by atoms with Crippen LogP contribution in [0.15, 0.2) is 133 Å². The van der Waals surface area contributed by atoms with Gasteiger partial charge in [0.05, 0.1) is 49.6 Å². The van der Waals surface area contributed by atoms with Gasteiger partial charge >= 0.3 is 18.1 Å². The molecule has 0 unspecified atom stereocenters. The lowest BCUT2D eigenvalue weighted by atomic mass is 9.65. The molecule has 0 radical (unpaired) electrons. The van der Waals surface area contributed by atoms with Crippen molar-refractivity contribution in [3.8, 4) is 17.6 Å². The molecule has 6 N–H and O–H groups in total. The van der Waals surface area contributed by atoms with Crippen LogP contribution in [0.3, 0.4) is 0 Å². The van der Waals surface area contributed by atoms with Gasteiger partial charge < -0.3 is 45.5 Å². The van der Waals surface area contributed by atoms with E-state index in [-0.39, 0.29) is 50.8 Å². The largest absolute Gasteiger partial charge is 0.491 e. The molecule has 0 aromatic heterocycles. The number of fused-ring (bicyclic) bond motifs is 3. The number of aliphatic hydroxyl groups is 2. The predicted molar refractivity (Wildman–Crippen MR) is 243 cm³/mol. The summed E-state index contributed by atoms with van der Waals surface area (Å²) >= 11 is 0. The van der Waals surface area contributed by atoms with E-state index >= 15 is 14.4 Å². The number of ether oxygens (including phenoxy) is 4. The average molecular weight is 908 g/mol. The average Bonchev–Trinajstić information content (AvgIpc) is 3.81. The number of morpholine rings is 1. The van der Waals surface area contributed by atoms with E-state index in [9.17, 15) is 19.8 Å². The number of carbonyl (C=O) groups excluding carboxylic acids is 5. The summed E-state index contributed by atoms with van der Waals surface area (Å²) in [5, 5.41) is 26.5. The number of hydrogen-bond donors (Lipinski definition) is 5. The van der Waals surface area contributed by atoms with E-state index in [4.69, 9.17) is 24.7 Å². The van der Waals surface area contributed by atoms with Crippen molar-refractivity contribution in [1.29, 1.82) is 0 Å². The second-order valence-corrected chi connectivity index (χ2v) is 16.1. The molecule has 0 aliphatic carbocycles. The molecule has 2 fully saturated rings. The summed E-state index contributed by atoms with van der Waals surface area (Å²) in [6.45, 7) is -1.00. The van der Waals surface area contributed by atoms with Gasteiger partial charge in [-0.2, -0.15) is 0 Å². The van der Waals surface area contributed by atoms with E-state index in [1.165, 1.54) is 13.2 Å². The van der Waals surface area contributed by atoms with Gasteiger partial charge in [-0.1, -0.05) is 115 Å². The quantitative estimate of drug-likeness (QED) is 0.0596. The Hall–Kier alpha value is -7.55. The van der Waals surface area contributed by atoms with Crippen molar-refractivity contribution < 1.29 is 53.1 Å². The molecule has 5 amide bonds. The lowest BCUT2D eigenvalue weighted by Gasteiger charge is -2.46. The molecule has 0 saturated carbocycles. The first-order chi connectivity index (χ1) is 32.6. The van der Waals surface area contributed by atoms with Gasteiger partial charge in [0.25, 0.3) is 0 Å². The number of urea groups is 1. The molecule has 1 spiro atoms. The van der Waals surface area contributed by atoms with E-state index in [1.807, 2.05) is 65.6 Å². The number of esters is 1. The molecule has 16 nitrogen and oxygen atoms in total. The van der Waals surface area contributed by atoms with Gasteiger partial charge in [0.1, 0.15) is 36.5 Å². The summed E-state index contributed by atoms with van der Waals surface area (Å²) in [6, 6.07) is 34.2. The van der Waals surface area contributed by atoms with E-state index < -0.39 is 71.6 Å². The minimum absolute atomic E-state index is 0.0129. The minimum atomic E-state index is -2.17. The highest BCUT2D eigenvalue weighted by Gasteiger charge is 2.75. The first kappa shape index (κ1) is 46.0. The predicted octanol–water partition coefficient (Wildman–Crippen LogP) is 4.38. The molecule has 5 aromatic carbocycles. The third-order valence-electron chi connectivity index (χ3n) is 12.2. The van der Waals surface area contributed by atoms with Crippen molar-refractivity contribution in [2.45, 2.75) is 35.7 Å². The summed E-state index contributed by atoms with van der Waals surface area (Å²) in [5.41, 5.74) is 5.94. The van der Waals surface area contributed by atoms with E-state index in [0.29, 0.717) is 33.6 Å². The smallest absolute Gasteiger partial charge is 0.421 e. The van der Waals surface area contributed by atoms with Crippen molar-refractivity contribution in [3.63, 3.8) is 0 Å². The Morgan fingerprint density at radius 1 is 0.821 bits per heavy atom. The molecule has 3 aliphatic heterocycles. The van der Waals surface area contributed by atoms with Crippen molar-refractivity contribution in [2.24, 2.45) is 11.7 Å². The number of rotatable bonds is 14. The summed E-state index contributed by atoms with van der Waals surface area (Å²) < 4.78 is 23.2. The topological polar surface area (TPSA) is 219 Å². The summed E-state index contributed by atoms with van der Waals surface area (Å²) in [5.74, 6) is 2.00. The van der Waals surface area contributed by atoms with E-state index in [1.54, 1.807) is 66.7 Å². The maximum absolute atomic E-state index is 16.3. The number of aliphatic hydroxyl groups excluding tert-OH is 2. The Balaban J connectivity index is 1.43. The lowest BCUT2D eigenvalue weighted by Crippen LogP contribution is -2.56. The fourth-order valence-electron chi connectivity index (χ4n) is 9.56. The molecule has 344 valence electrons. The van der Waals surface area contributed by atoms with Gasteiger partial charge in [-0.3, -0.25) is 19.3 Å². The third-order valence-corrected chi connectivity index (χ3v) is 12.2. The number of carbonyl (C=O) groups is 5. The first-order valence-electron chi connectivity index (χ1n) is 21.7. The molecule has 7 atom stereocenters. The zero-order valence-electron chi connectivity index (χ0n) is 36.4. The Morgan fingerprint density at radius 2 is 1.51 bits per heavy atom. The molecular formula is C51H49N5O11. The maximum Gasteiger partial charge on any atom is 0.421 e. The number of primary amides is 1. The fourth-order valence-corrected chi connectivity index (χ4v) is 9.56. The van der Waals surface area contributed by atoms with Crippen molar-refractivity contribution in [2.75, 3.05) is 51.5 Å². The number of nitrogens with one attached hydrogen (secondary N) is 2. The Kier molecular flexibility index (Phi) is 13.9. The van der Waals surface area contributed by atoms with Crippen molar-refractivity contribution in [1.82, 2.24) is 15.5 Å². The Morgan fingerprint density at radius 3 is 2.19 bits per heavy atom. The number of anilines is 1. The highest BCUT2D eigenvalue weighted by molar-refractivity contribution is 6.23. The van der Waals surface area contributed by atoms with Crippen LogP contribution in [-0.4, -0.2) is 97.7 Å². The first-order valence-corrected chi connectivity index (χ1v) is 21.7. The summed E-state index contributed by atoms with van der Waals surface area (Å²) in [7, 11) is 1.43. The van der Waals surface area contributed by atoms with E-state index in [0.717, 1.165) is 4.90 Å². The van der Waals surface area contributed by atoms with Gasteiger partial charge in [0, 0.05) is 19.2 Å². The Bertz CT molecular complexity index is 2680. The molecule has 16 heteroatoms. The monoisotopic (exact) mass is 907 g/mol. The number of amides is 5. The zero-order valence-corrected chi connectivity index (χ0v) is 36.4. The number of nitrogens with two attached hydrogens (primary N) is 1. The molecule has 8 rings (SSSR count). The van der Waals surface area contributed by atoms with Crippen LogP contribution in [0.2, 0.25) is 0 Å². The molecule has 5 aromatic rings. The van der Waals surface area contributed by atoms with Crippen LogP contribution in [0.4, 0.5) is 15.3 Å². The Labute approximate surface area is 386 Å². The van der Waals surface area contributed by atoms with Crippen LogP contribution >= 0.6 is 0 Å². The highest BCUT2D eigenvalue weighted by atomic mass is 16.6. The molecule has 3 heterocycles. The number of benzene rings is 5. The van der Waals surface area contributed by atoms with Crippen LogP contribution in [0, 0.1) is 17.8 Å². The number of hydrogen-bond acceptors (Lipinski definition) is 12. The van der Waals surface area contributed by atoms with Crippen LogP contribution < -0.4 is 26.0 Å². The number of methoxy groups -OCH3 is 1. The van der Waals surface area contributed by atoms with Crippen LogP contribution in [0.5, 0.6) is 5.75 Å². The number of imide groups is 1. The summed E-state index contributed by atoms with van der Waals surface area (Å²) in [4.78, 5) is 75.9. The normalized spacial score (nSPS) is 22.1. The standard InChI is InChI=1S/C51H49N5O11/c1-64-27-28-66-50(63)55-39-23-22-32(13-12-24-53-49(52)62)29-38(39)51(48(55)61)41(46(59)54-31-40(58)33-14-5-2-6-15-33)43-47(60)67-44(35-18-9-4-10-19-35)42(34-16-7-3-8-17-34)56(43)45(51)36-20-11-21-37(30-36)65-26-25-57/h2-11,14-23,29-30,40-45,57-58H,24-28,31H2,1H3,(H,54,59)(H3,52,53,62)/t40-,41-,42-,43-,44+,45+,51-/m0/s1. The van der Waals surface area contributed by atoms with Crippen molar-refractivity contribution in [3.05, 3.63) is 167 Å². The third kappa shape index (κ3) is 8.93. The fraction of sp³-hybridized carbons (Fsp3) is 0.275. The van der Waals surface area contributed by atoms with Gasteiger partial charge in [-0.05, 0) is 58.1 Å². The van der Waals surface area contributed by atoms with Gasteiger partial charge in [-0.15, -0.1) is 0 Å². The number of nitrogens with zero attached hydrogens (tertiary/aromatic N) is 2. The number of cyclic esters (lactones) is 1. The highest BCUT2D eigenvalue weighted by Crippen LogP contribution is 2.66. The van der Waals surface area contributed by atoms with Crippen LogP contribution in [0.25, 0.3) is 0 Å². The molecule has 67 heavy (non-hydrogen) atoms. The molecule has 3 aliphatic rings. The van der Waals surface area contributed by atoms with Crippen LogP contribution in [-0.2, 0) is 34.0 Å². The van der Waals surface area contributed by atoms with Crippen LogP contribution in [0.1, 0.15) is 57.7 Å². The van der Waals surface area contributed by atoms with Gasteiger partial charge in [-0.25, -0.2) is 14.5 Å². The van der Waals surface area contributed by atoms with Crippen molar-refractivity contribution >= 4 is 35.6 Å². The second kappa shape index (κ2) is 20.3. The molecule has 2 saturated heterocycles. The second-order valence-electron chi connectivity index (χ2n) is 16.1.